The van der Waals surface area contributed by atoms with E-state index in [-0.39, 0.29) is 5.92 Å². The van der Waals surface area contributed by atoms with Crippen LogP contribution >= 0.6 is 0 Å². The van der Waals surface area contributed by atoms with Gasteiger partial charge in [0.05, 0.1) is 13.2 Å². The Bertz CT molecular complexity index is 256. The van der Waals surface area contributed by atoms with E-state index in [9.17, 15) is 4.79 Å². The topological polar surface area (TPSA) is 26.3 Å². The highest BCUT2D eigenvalue weighted by Crippen LogP contribution is 2.04. The molecule has 14 heavy (non-hydrogen) atoms. The van der Waals surface area contributed by atoms with Crippen molar-refractivity contribution in [3.63, 3.8) is 0 Å². The zero-order chi connectivity index (χ0) is 10.2. The minimum absolute atomic E-state index is 0.0405. The molecule has 0 fully saturated rings. The lowest BCUT2D eigenvalue weighted by atomic mass is 10.1. The van der Waals surface area contributed by atoms with E-state index in [0.717, 1.165) is 18.3 Å². The van der Waals surface area contributed by atoms with Gasteiger partial charge in [-0.3, -0.25) is 0 Å². The second kappa shape index (κ2) is 6.33. The van der Waals surface area contributed by atoms with Gasteiger partial charge in [0.25, 0.3) is 0 Å². The van der Waals surface area contributed by atoms with Gasteiger partial charge >= 0.3 is 0 Å². The predicted molar refractivity (Wildman–Crippen MR) is 55.9 cm³/mol. The van der Waals surface area contributed by atoms with Crippen LogP contribution in [0.2, 0.25) is 0 Å². The zero-order valence-electron chi connectivity index (χ0n) is 8.48. The summed E-state index contributed by atoms with van der Waals surface area (Å²) in [5.41, 5.74) is 1.15. The van der Waals surface area contributed by atoms with Gasteiger partial charge in [0.1, 0.15) is 6.29 Å². The molecule has 0 heterocycles. The summed E-state index contributed by atoms with van der Waals surface area (Å²) in [6.07, 6.45) is 1.81. The minimum Gasteiger partial charge on any atom is -0.376 e. The molecule has 1 rings (SSSR count). The molecular weight excluding hydrogens is 176 g/mol. The third-order valence-electron chi connectivity index (χ3n) is 2.16. The second-order valence-corrected chi connectivity index (χ2v) is 3.31. The van der Waals surface area contributed by atoms with E-state index in [4.69, 9.17) is 4.74 Å². The van der Waals surface area contributed by atoms with Crippen LogP contribution in [0.5, 0.6) is 0 Å². The summed E-state index contributed by atoms with van der Waals surface area (Å²) in [7, 11) is 0. The molecule has 0 bridgehead atoms. The van der Waals surface area contributed by atoms with Crippen LogP contribution in [0.1, 0.15) is 18.9 Å². The van der Waals surface area contributed by atoms with Crippen LogP contribution in [-0.4, -0.2) is 12.9 Å². The summed E-state index contributed by atoms with van der Waals surface area (Å²) in [6.45, 7) is 3.10. The highest BCUT2D eigenvalue weighted by molar-refractivity contribution is 5.53. The molecule has 76 valence electrons. The molecule has 0 spiro atoms. The summed E-state index contributed by atoms with van der Waals surface area (Å²) in [6, 6.07) is 9.97. The van der Waals surface area contributed by atoms with Crippen LogP contribution in [0.15, 0.2) is 30.3 Å². The van der Waals surface area contributed by atoms with Gasteiger partial charge in [0.2, 0.25) is 0 Å². The van der Waals surface area contributed by atoms with Crippen molar-refractivity contribution >= 4 is 6.29 Å². The third-order valence-corrected chi connectivity index (χ3v) is 2.16. The molecule has 0 aliphatic carbocycles. The number of benzene rings is 1. The van der Waals surface area contributed by atoms with E-state index < -0.39 is 0 Å². The molecule has 1 aromatic rings. The molecule has 1 aromatic carbocycles. The second-order valence-electron chi connectivity index (χ2n) is 3.31. The summed E-state index contributed by atoms with van der Waals surface area (Å²) in [4.78, 5) is 10.5. The Kier molecular flexibility index (Phi) is 4.94. The van der Waals surface area contributed by atoms with Gasteiger partial charge in [0, 0.05) is 5.92 Å². The zero-order valence-corrected chi connectivity index (χ0v) is 8.48. The predicted octanol–water partition coefficient (Wildman–Crippen LogP) is 2.43. The number of hydrogen-bond donors (Lipinski definition) is 0. The lowest BCUT2D eigenvalue weighted by Gasteiger charge is -2.08. The molecule has 1 atom stereocenters. The Morgan fingerprint density at radius 2 is 2.07 bits per heavy atom. The fraction of sp³-hybridized carbons (Fsp3) is 0.417. The summed E-state index contributed by atoms with van der Waals surface area (Å²) in [5.74, 6) is 0.0405. The van der Waals surface area contributed by atoms with Crippen LogP contribution in [0.4, 0.5) is 0 Å². The van der Waals surface area contributed by atoms with Crippen molar-refractivity contribution in [1.82, 2.24) is 0 Å². The molecule has 0 aromatic heterocycles. The van der Waals surface area contributed by atoms with Crippen molar-refractivity contribution in [2.75, 3.05) is 6.61 Å². The number of carbonyl (C=O) groups excluding carboxylic acids is 1. The maximum absolute atomic E-state index is 10.5. The third kappa shape index (κ3) is 3.71. The highest BCUT2D eigenvalue weighted by Gasteiger charge is 2.03. The number of ether oxygens (including phenoxy) is 1. The maximum atomic E-state index is 10.5. The molecule has 0 saturated carbocycles. The quantitative estimate of drug-likeness (QED) is 0.647. The van der Waals surface area contributed by atoms with E-state index >= 15 is 0 Å². The van der Waals surface area contributed by atoms with E-state index in [1.165, 1.54) is 0 Å². The lowest BCUT2D eigenvalue weighted by Crippen LogP contribution is -2.09. The molecule has 0 aliphatic heterocycles. The van der Waals surface area contributed by atoms with Gasteiger partial charge in [-0.1, -0.05) is 37.3 Å². The molecule has 0 amide bonds. The number of carbonyl (C=O) groups is 1. The Morgan fingerprint density at radius 3 is 2.64 bits per heavy atom. The average Bonchev–Trinajstić information content (AvgIpc) is 2.26. The van der Waals surface area contributed by atoms with Crippen LogP contribution in [0.25, 0.3) is 0 Å². The largest absolute Gasteiger partial charge is 0.376 e. The Labute approximate surface area is 84.9 Å². The summed E-state index contributed by atoms with van der Waals surface area (Å²) >= 11 is 0. The van der Waals surface area contributed by atoms with E-state index in [0.29, 0.717) is 13.2 Å². The van der Waals surface area contributed by atoms with E-state index in [1.54, 1.807) is 0 Å². The van der Waals surface area contributed by atoms with Gasteiger partial charge in [-0.2, -0.15) is 0 Å². The standard InChI is InChI=1S/C12H16O2/c1-2-11(8-13)9-14-10-12-6-4-3-5-7-12/h3-8,11H,2,9-10H2,1H3/t11-/m0/s1. The Morgan fingerprint density at radius 1 is 1.36 bits per heavy atom. The van der Waals surface area contributed by atoms with Crippen molar-refractivity contribution in [1.29, 1.82) is 0 Å². The van der Waals surface area contributed by atoms with Crippen LogP contribution in [-0.2, 0) is 16.1 Å². The Hall–Kier alpha value is -1.15. The molecule has 0 N–H and O–H groups in total. The summed E-state index contributed by atoms with van der Waals surface area (Å²) in [5, 5.41) is 0. The van der Waals surface area contributed by atoms with E-state index in [2.05, 4.69) is 0 Å². The molecule has 2 nitrogen and oxygen atoms in total. The van der Waals surface area contributed by atoms with Crippen molar-refractivity contribution in [2.24, 2.45) is 5.92 Å². The highest BCUT2D eigenvalue weighted by atomic mass is 16.5. The first-order valence-corrected chi connectivity index (χ1v) is 4.93. The van der Waals surface area contributed by atoms with Crippen molar-refractivity contribution in [3.8, 4) is 0 Å². The van der Waals surface area contributed by atoms with Crippen molar-refractivity contribution in [2.45, 2.75) is 20.0 Å². The molecule has 2 heteroatoms. The number of rotatable bonds is 6. The maximum Gasteiger partial charge on any atom is 0.125 e. The fourth-order valence-corrected chi connectivity index (χ4v) is 1.16. The lowest BCUT2D eigenvalue weighted by molar-refractivity contribution is -0.113. The first kappa shape index (κ1) is 10.9. The van der Waals surface area contributed by atoms with Crippen molar-refractivity contribution < 1.29 is 9.53 Å². The molecule has 0 saturated heterocycles. The Balaban J connectivity index is 2.25. The van der Waals surface area contributed by atoms with Gasteiger partial charge in [0.15, 0.2) is 0 Å². The molecular formula is C12H16O2. The summed E-state index contributed by atoms with van der Waals surface area (Å²) < 4.78 is 5.43. The van der Waals surface area contributed by atoms with Crippen LogP contribution in [0, 0.1) is 5.92 Å². The number of hydrogen-bond acceptors (Lipinski definition) is 2. The fourth-order valence-electron chi connectivity index (χ4n) is 1.16. The van der Waals surface area contributed by atoms with E-state index in [1.807, 2.05) is 37.3 Å². The number of aldehydes is 1. The molecule has 0 unspecified atom stereocenters. The van der Waals surface area contributed by atoms with Crippen molar-refractivity contribution in [3.05, 3.63) is 35.9 Å². The smallest absolute Gasteiger partial charge is 0.125 e. The van der Waals surface area contributed by atoms with Crippen LogP contribution in [0.3, 0.4) is 0 Å². The van der Waals surface area contributed by atoms with Gasteiger partial charge < -0.3 is 9.53 Å². The van der Waals surface area contributed by atoms with Gasteiger partial charge in [-0.25, -0.2) is 0 Å². The van der Waals surface area contributed by atoms with Gasteiger partial charge in [-0.05, 0) is 12.0 Å². The first-order valence-electron chi connectivity index (χ1n) is 4.93. The monoisotopic (exact) mass is 192 g/mol. The van der Waals surface area contributed by atoms with Crippen LogP contribution < -0.4 is 0 Å². The molecule has 0 radical (unpaired) electrons. The average molecular weight is 192 g/mol. The minimum atomic E-state index is 0.0405. The van der Waals surface area contributed by atoms with Gasteiger partial charge in [-0.15, -0.1) is 0 Å². The normalized spacial score (nSPS) is 12.4. The first-order chi connectivity index (χ1) is 6.86. The SMILES string of the molecule is CC[C@@H](C=O)COCc1ccccc1. The molecule has 0 aliphatic rings.